The van der Waals surface area contributed by atoms with E-state index in [0.29, 0.717) is 12.0 Å². The van der Waals surface area contributed by atoms with Crippen molar-refractivity contribution in [3.8, 4) is 0 Å². The van der Waals surface area contributed by atoms with Gasteiger partial charge in [-0.1, -0.05) is 24.6 Å². The summed E-state index contributed by atoms with van der Waals surface area (Å²) in [6.45, 7) is 5.19. The highest BCUT2D eigenvalue weighted by Gasteiger charge is 2.34. The standard InChI is InChI=1S/C20H18F5NO/c1-4-11(2)12(3)14-9-8-13(10-16(14)20(23,24)25)26-19(27)15-6-5-7-17(21)18(15)22/h5-10H,4H2,1-3H3,(H,26,27)/b12-11-. The highest BCUT2D eigenvalue weighted by Crippen LogP contribution is 2.37. The van der Waals surface area contributed by atoms with Crippen LogP contribution in [0.2, 0.25) is 0 Å². The Labute approximate surface area is 153 Å². The van der Waals surface area contributed by atoms with E-state index >= 15 is 0 Å². The Morgan fingerprint density at radius 3 is 2.30 bits per heavy atom. The van der Waals surface area contributed by atoms with Crippen molar-refractivity contribution in [2.75, 3.05) is 5.32 Å². The van der Waals surface area contributed by atoms with E-state index in [0.717, 1.165) is 29.8 Å². The molecule has 0 bridgehead atoms. The molecule has 1 amide bonds. The summed E-state index contributed by atoms with van der Waals surface area (Å²) in [4.78, 5) is 12.1. The minimum absolute atomic E-state index is 0.0109. The summed E-state index contributed by atoms with van der Waals surface area (Å²) >= 11 is 0. The van der Waals surface area contributed by atoms with Gasteiger partial charge in [-0.05, 0) is 55.7 Å². The van der Waals surface area contributed by atoms with Crippen LogP contribution in [0.4, 0.5) is 27.6 Å². The van der Waals surface area contributed by atoms with Crippen molar-refractivity contribution >= 4 is 17.2 Å². The predicted molar refractivity (Wildman–Crippen MR) is 94.3 cm³/mol. The first-order chi connectivity index (χ1) is 12.6. The Morgan fingerprint density at radius 2 is 1.70 bits per heavy atom. The van der Waals surface area contributed by atoms with Crippen molar-refractivity contribution in [1.29, 1.82) is 0 Å². The molecule has 144 valence electrons. The zero-order valence-corrected chi connectivity index (χ0v) is 15.0. The number of allylic oxidation sites excluding steroid dienone is 2. The third-order valence-electron chi connectivity index (χ3n) is 4.35. The molecule has 0 aliphatic carbocycles. The minimum atomic E-state index is -4.64. The fourth-order valence-corrected chi connectivity index (χ4v) is 2.56. The van der Waals surface area contributed by atoms with Crippen LogP contribution in [0, 0.1) is 11.6 Å². The summed E-state index contributed by atoms with van der Waals surface area (Å²) in [7, 11) is 0. The number of amides is 1. The van der Waals surface area contributed by atoms with Crippen molar-refractivity contribution in [2.24, 2.45) is 0 Å². The van der Waals surface area contributed by atoms with Crippen LogP contribution in [0.25, 0.3) is 5.57 Å². The Kier molecular flexibility index (Phi) is 6.03. The van der Waals surface area contributed by atoms with Crippen molar-refractivity contribution in [1.82, 2.24) is 0 Å². The predicted octanol–water partition coefficient (Wildman–Crippen LogP) is 6.44. The number of nitrogens with one attached hydrogen (secondary N) is 1. The molecule has 7 heteroatoms. The molecule has 0 heterocycles. The van der Waals surface area contributed by atoms with Gasteiger partial charge in [0, 0.05) is 5.69 Å². The van der Waals surface area contributed by atoms with E-state index in [1.54, 1.807) is 13.8 Å². The zero-order chi connectivity index (χ0) is 20.4. The maximum Gasteiger partial charge on any atom is 0.417 e. The summed E-state index contributed by atoms with van der Waals surface area (Å²) in [5.74, 6) is -3.62. The van der Waals surface area contributed by atoms with E-state index in [1.807, 2.05) is 6.92 Å². The number of halogens is 5. The number of anilines is 1. The molecule has 2 aromatic rings. The second kappa shape index (κ2) is 7.90. The molecule has 0 radical (unpaired) electrons. The van der Waals surface area contributed by atoms with Gasteiger partial charge in [0.15, 0.2) is 11.6 Å². The van der Waals surface area contributed by atoms with Gasteiger partial charge in [-0.25, -0.2) is 8.78 Å². The van der Waals surface area contributed by atoms with Crippen molar-refractivity contribution in [3.63, 3.8) is 0 Å². The van der Waals surface area contributed by atoms with Crippen LogP contribution in [0.5, 0.6) is 0 Å². The summed E-state index contributed by atoms with van der Waals surface area (Å²) in [5.41, 5.74) is -0.354. The Hall–Kier alpha value is -2.70. The molecule has 1 N–H and O–H groups in total. The molecular weight excluding hydrogens is 365 g/mol. The van der Waals surface area contributed by atoms with Gasteiger partial charge in [0.1, 0.15) is 0 Å². The van der Waals surface area contributed by atoms with Gasteiger partial charge in [-0.2, -0.15) is 13.2 Å². The second-order valence-corrected chi connectivity index (χ2v) is 6.07. The summed E-state index contributed by atoms with van der Waals surface area (Å²) < 4.78 is 67.4. The van der Waals surface area contributed by atoms with E-state index in [1.165, 1.54) is 12.1 Å². The van der Waals surface area contributed by atoms with E-state index in [-0.39, 0.29) is 11.3 Å². The van der Waals surface area contributed by atoms with E-state index < -0.39 is 34.8 Å². The van der Waals surface area contributed by atoms with Crippen LogP contribution >= 0.6 is 0 Å². The fraction of sp³-hybridized carbons (Fsp3) is 0.250. The number of carbonyl (C=O) groups excluding carboxylic acids is 1. The maximum absolute atomic E-state index is 13.7. The number of rotatable bonds is 4. The minimum Gasteiger partial charge on any atom is -0.322 e. The highest BCUT2D eigenvalue weighted by atomic mass is 19.4. The Bertz CT molecular complexity index is 900. The number of hydrogen-bond donors (Lipinski definition) is 1. The lowest BCUT2D eigenvalue weighted by molar-refractivity contribution is -0.137. The van der Waals surface area contributed by atoms with E-state index in [4.69, 9.17) is 0 Å². The van der Waals surface area contributed by atoms with E-state index in [2.05, 4.69) is 5.32 Å². The van der Waals surface area contributed by atoms with Crippen LogP contribution in [0.1, 0.15) is 48.7 Å². The topological polar surface area (TPSA) is 29.1 Å². The second-order valence-electron chi connectivity index (χ2n) is 6.07. The molecular formula is C20H18F5NO. The third kappa shape index (κ3) is 4.53. The number of benzene rings is 2. The van der Waals surface area contributed by atoms with Crippen molar-refractivity contribution < 1.29 is 26.7 Å². The number of alkyl halides is 3. The van der Waals surface area contributed by atoms with Crippen molar-refractivity contribution in [3.05, 3.63) is 70.3 Å². The average Bonchev–Trinajstić information content (AvgIpc) is 2.61. The molecule has 0 saturated heterocycles. The summed E-state index contributed by atoms with van der Waals surface area (Å²) in [6, 6.07) is 6.37. The van der Waals surface area contributed by atoms with Crippen LogP contribution in [-0.2, 0) is 6.18 Å². The molecule has 2 rings (SSSR count). The molecule has 0 spiro atoms. The molecule has 0 atom stereocenters. The van der Waals surface area contributed by atoms with Gasteiger partial charge in [-0.3, -0.25) is 4.79 Å². The normalized spacial score (nSPS) is 12.6. The van der Waals surface area contributed by atoms with Gasteiger partial charge in [-0.15, -0.1) is 0 Å². The third-order valence-corrected chi connectivity index (χ3v) is 4.35. The highest BCUT2D eigenvalue weighted by molar-refractivity contribution is 6.04. The van der Waals surface area contributed by atoms with Gasteiger partial charge in [0.25, 0.3) is 5.91 Å². The lowest BCUT2D eigenvalue weighted by atomic mass is 9.95. The quantitative estimate of drug-likeness (QED) is 0.605. The lowest BCUT2D eigenvalue weighted by Gasteiger charge is -2.17. The molecule has 0 aliphatic rings. The molecule has 2 aromatic carbocycles. The van der Waals surface area contributed by atoms with Crippen molar-refractivity contribution in [2.45, 2.75) is 33.4 Å². The fourth-order valence-electron chi connectivity index (χ4n) is 2.56. The Morgan fingerprint density at radius 1 is 1.04 bits per heavy atom. The van der Waals surface area contributed by atoms with Crippen LogP contribution in [0.3, 0.4) is 0 Å². The monoisotopic (exact) mass is 383 g/mol. The molecule has 0 aromatic heterocycles. The SMILES string of the molecule is CC/C(C)=C(/C)c1ccc(NC(=O)c2cccc(F)c2F)cc1C(F)(F)F. The lowest BCUT2D eigenvalue weighted by Crippen LogP contribution is -2.16. The first kappa shape index (κ1) is 20.6. The van der Waals surface area contributed by atoms with Gasteiger partial charge in [0.2, 0.25) is 0 Å². The van der Waals surface area contributed by atoms with Crippen LogP contribution < -0.4 is 5.32 Å². The maximum atomic E-state index is 13.7. The molecule has 27 heavy (non-hydrogen) atoms. The first-order valence-corrected chi connectivity index (χ1v) is 8.19. The number of hydrogen-bond acceptors (Lipinski definition) is 1. The largest absolute Gasteiger partial charge is 0.417 e. The molecule has 0 aliphatic heterocycles. The summed E-state index contributed by atoms with van der Waals surface area (Å²) in [6.07, 6.45) is -4.05. The van der Waals surface area contributed by atoms with Crippen LogP contribution in [-0.4, -0.2) is 5.91 Å². The van der Waals surface area contributed by atoms with Gasteiger partial charge in [0.05, 0.1) is 11.1 Å². The molecule has 0 unspecified atom stereocenters. The molecule has 2 nitrogen and oxygen atoms in total. The molecule has 0 fully saturated rings. The van der Waals surface area contributed by atoms with Crippen LogP contribution in [0.15, 0.2) is 42.0 Å². The first-order valence-electron chi connectivity index (χ1n) is 8.19. The zero-order valence-electron chi connectivity index (χ0n) is 15.0. The smallest absolute Gasteiger partial charge is 0.322 e. The number of carbonyl (C=O) groups is 1. The Balaban J connectivity index is 2.45. The van der Waals surface area contributed by atoms with Gasteiger partial charge < -0.3 is 5.32 Å². The molecule has 0 saturated carbocycles. The average molecular weight is 383 g/mol. The summed E-state index contributed by atoms with van der Waals surface area (Å²) in [5, 5.41) is 2.19. The van der Waals surface area contributed by atoms with Gasteiger partial charge >= 0.3 is 6.18 Å². The van der Waals surface area contributed by atoms with E-state index in [9.17, 15) is 26.7 Å².